The van der Waals surface area contributed by atoms with Gasteiger partial charge < -0.3 is 10.0 Å². The topological polar surface area (TPSA) is 69.2 Å². The average molecular weight is 273 g/mol. The molecule has 1 heterocycles. The van der Waals surface area contributed by atoms with Crippen molar-refractivity contribution in [1.82, 2.24) is 15.1 Å². The summed E-state index contributed by atoms with van der Waals surface area (Å²) in [6.07, 6.45) is 6.15. The molecule has 0 aliphatic heterocycles. The van der Waals surface area contributed by atoms with Crippen LogP contribution in [0.1, 0.15) is 36.0 Å². The maximum Gasteiger partial charge on any atom is 0.254 e. The van der Waals surface area contributed by atoms with Crippen molar-refractivity contribution in [2.75, 3.05) is 13.2 Å². The predicted octanol–water partition coefficient (Wildman–Crippen LogP) is 1.94. The summed E-state index contributed by atoms with van der Waals surface area (Å²) in [6, 6.07) is 5.84. The second kappa shape index (κ2) is 5.63. The zero-order valence-electron chi connectivity index (χ0n) is 11.4. The smallest absolute Gasteiger partial charge is 0.254 e. The van der Waals surface area contributed by atoms with Crippen LogP contribution in [-0.2, 0) is 0 Å². The molecule has 106 valence electrons. The number of carbonyl (C=O) groups is 1. The second-order valence-corrected chi connectivity index (χ2v) is 5.33. The van der Waals surface area contributed by atoms with E-state index in [1.54, 1.807) is 6.20 Å². The fraction of sp³-hybridized carbons (Fsp3) is 0.467. The molecule has 20 heavy (non-hydrogen) atoms. The highest BCUT2D eigenvalue weighted by Crippen LogP contribution is 2.25. The molecule has 1 aromatic heterocycles. The molecule has 0 unspecified atom stereocenters. The zero-order chi connectivity index (χ0) is 13.9. The fourth-order valence-electron chi connectivity index (χ4n) is 3.01. The van der Waals surface area contributed by atoms with Crippen LogP contribution in [0.3, 0.4) is 0 Å². The summed E-state index contributed by atoms with van der Waals surface area (Å²) >= 11 is 0. The van der Waals surface area contributed by atoms with E-state index < -0.39 is 0 Å². The summed E-state index contributed by atoms with van der Waals surface area (Å²) in [5.41, 5.74) is 1.52. The third kappa shape index (κ3) is 2.41. The molecule has 0 atom stereocenters. The van der Waals surface area contributed by atoms with Gasteiger partial charge in [-0.25, -0.2) is 0 Å². The third-order valence-corrected chi connectivity index (χ3v) is 4.06. The average Bonchev–Trinajstić information content (AvgIpc) is 3.13. The van der Waals surface area contributed by atoms with Crippen molar-refractivity contribution in [2.45, 2.75) is 31.7 Å². The molecule has 1 aliphatic carbocycles. The fourth-order valence-corrected chi connectivity index (χ4v) is 3.01. The minimum atomic E-state index is 0.00227. The molecule has 5 heteroatoms. The van der Waals surface area contributed by atoms with Gasteiger partial charge >= 0.3 is 0 Å². The van der Waals surface area contributed by atoms with Crippen LogP contribution in [0, 0.1) is 0 Å². The first-order valence-corrected chi connectivity index (χ1v) is 7.14. The van der Waals surface area contributed by atoms with Crippen molar-refractivity contribution in [2.24, 2.45) is 0 Å². The number of amides is 1. The molecule has 1 fully saturated rings. The number of aromatic amines is 1. The number of aliphatic hydroxyl groups excluding tert-OH is 1. The van der Waals surface area contributed by atoms with Crippen molar-refractivity contribution < 1.29 is 9.90 Å². The Morgan fingerprint density at radius 2 is 2.20 bits per heavy atom. The van der Waals surface area contributed by atoms with Crippen LogP contribution < -0.4 is 0 Å². The monoisotopic (exact) mass is 273 g/mol. The van der Waals surface area contributed by atoms with E-state index in [1.807, 2.05) is 23.1 Å². The summed E-state index contributed by atoms with van der Waals surface area (Å²) in [4.78, 5) is 14.5. The Morgan fingerprint density at radius 3 is 2.95 bits per heavy atom. The number of benzene rings is 1. The molecule has 0 radical (unpaired) electrons. The first kappa shape index (κ1) is 13.1. The van der Waals surface area contributed by atoms with Crippen LogP contribution in [0.15, 0.2) is 24.4 Å². The highest BCUT2D eigenvalue weighted by Gasteiger charge is 2.27. The van der Waals surface area contributed by atoms with Crippen molar-refractivity contribution >= 4 is 16.8 Å². The van der Waals surface area contributed by atoms with Gasteiger partial charge in [-0.05, 0) is 25.0 Å². The minimum absolute atomic E-state index is 0.00227. The Bertz CT molecular complexity index is 602. The number of hydrogen-bond acceptors (Lipinski definition) is 3. The summed E-state index contributed by atoms with van der Waals surface area (Å²) in [7, 11) is 0. The Kier molecular flexibility index (Phi) is 3.69. The highest BCUT2D eigenvalue weighted by atomic mass is 16.3. The molecule has 0 saturated heterocycles. The molecule has 0 bridgehead atoms. The lowest BCUT2D eigenvalue weighted by Crippen LogP contribution is -2.40. The van der Waals surface area contributed by atoms with Gasteiger partial charge in [0, 0.05) is 23.5 Å². The molecule has 1 aliphatic rings. The molecule has 0 spiro atoms. The summed E-state index contributed by atoms with van der Waals surface area (Å²) in [6.45, 7) is 0.416. The van der Waals surface area contributed by atoms with E-state index in [1.165, 1.54) is 12.8 Å². The Hall–Kier alpha value is -1.88. The number of rotatable bonds is 4. The lowest BCUT2D eigenvalue weighted by Gasteiger charge is -2.28. The number of carbonyl (C=O) groups excluding carboxylic acids is 1. The maximum atomic E-state index is 12.7. The van der Waals surface area contributed by atoms with E-state index in [2.05, 4.69) is 10.2 Å². The van der Waals surface area contributed by atoms with E-state index in [0.717, 1.165) is 23.7 Å². The number of aromatic nitrogens is 2. The molecule has 1 aromatic carbocycles. The maximum absolute atomic E-state index is 12.7. The Balaban J connectivity index is 1.87. The first-order valence-electron chi connectivity index (χ1n) is 7.14. The van der Waals surface area contributed by atoms with E-state index in [-0.39, 0.29) is 18.6 Å². The standard InChI is InChI=1S/C15H19N3O2/c19-8-7-18(13-3-1-2-4-13)15(20)11-5-6-12-10-16-17-14(12)9-11/h5-6,9-10,13,19H,1-4,7-8H2,(H,16,17). The van der Waals surface area contributed by atoms with Crippen LogP contribution in [0.25, 0.3) is 10.9 Å². The van der Waals surface area contributed by atoms with E-state index in [4.69, 9.17) is 0 Å². The normalized spacial score (nSPS) is 15.8. The zero-order valence-corrected chi connectivity index (χ0v) is 11.4. The van der Waals surface area contributed by atoms with E-state index in [0.29, 0.717) is 12.1 Å². The van der Waals surface area contributed by atoms with Gasteiger partial charge in [0.05, 0.1) is 18.3 Å². The lowest BCUT2D eigenvalue weighted by atomic mass is 10.1. The number of nitrogens with zero attached hydrogens (tertiary/aromatic N) is 2. The molecular weight excluding hydrogens is 254 g/mol. The van der Waals surface area contributed by atoms with Gasteiger partial charge in [0.25, 0.3) is 5.91 Å². The summed E-state index contributed by atoms with van der Waals surface area (Å²) in [5.74, 6) is 0.00227. The number of H-pyrrole nitrogens is 1. The van der Waals surface area contributed by atoms with Crippen LogP contribution in [-0.4, -0.2) is 45.3 Å². The number of aliphatic hydroxyl groups is 1. The van der Waals surface area contributed by atoms with Crippen LogP contribution in [0.5, 0.6) is 0 Å². The molecule has 1 amide bonds. The van der Waals surface area contributed by atoms with Crippen molar-refractivity contribution in [3.05, 3.63) is 30.0 Å². The van der Waals surface area contributed by atoms with Gasteiger partial charge in [-0.15, -0.1) is 0 Å². The Labute approximate surface area is 117 Å². The quantitative estimate of drug-likeness (QED) is 0.894. The van der Waals surface area contributed by atoms with Crippen LogP contribution in [0.4, 0.5) is 0 Å². The molecule has 1 saturated carbocycles. The largest absolute Gasteiger partial charge is 0.395 e. The second-order valence-electron chi connectivity index (χ2n) is 5.33. The summed E-state index contributed by atoms with van der Waals surface area (Å²) < 4.78 is 0. The SMILES string of the molecule is O=C(c1ccc2cn[nH]c2c1)N(CCO)C1CCCC1. The van der Waals surface area contributed by atoms with Gasteiger partial charge in [-0.1, -0.05) is 18.9 Å². The van der Waals surface area contributed by atoms with E-state index >= 15 is 0 Å². The van der Waals surface area contributed by atoms with Gasteiger partial charge in [0.2, 0.25) is 0 Å². The van der Waals surface area contributed by atoms with Crippen molar-refractivity contribution in [1.29, 1.82) is 0 Å². The predicted molar refractivity (Wildman–Crippen MR) is 76.5 cm³/mol. The highest BCUT2D eigenvalue weighted by molar-refractivity contribution is 5.97. The number of fused-ring (bicyclic) bond motifs is 1. The van der Waals surface area contributed by atoms with Gasteiger partial charge in [-0.3, -0.25) is 9.89 Å². The number of nitrogens with one attached hydrogen (secondary N) is 1. The number of hydrogen-bond donors (Lipinski definition) is 2. The molecule has 2 N–H and O–H groups in total. The first-order chi connectivity index (χ1) is 9.79. The van der Waals surface area contributed by atoms with Crippen LogP contribution >= 0.6 is 0 Å². The van der Waals surface area contributed by atoms with Crippen molar-refractivity contribution in [3.8, 4) is 0 Å². The van der Waals surface area contributed by atoms with Gasteiger partial charge in [-0.2, -0.15) is 5.10 Å². The summed E-state index contributed by atoms with van der Waals surface area (Å²) in [5, 5.41) is 17.1. The Morgan fingerprint density at radius 1 is 1.40 bits per heavy atom. The minimum Gasteiger partial charge on any atom is -0.395 e. The van der Waals surface area contributed by atoms with Crippen LogP contribution in [0.2, 0.25) is 0 Å². The molecule has 3 rings (SSSR count). The van der Waals surface area contributed by atoms with E-state index in [9.17, 15) is 9.90 Å². The molecular formula is C15H19N3O2. The lowest BCUT2D eigenvalue weighted by molar-refractivity contribution is 0.0638. The molecule has 2 aromatic rings. The molecule has 5 nitrogen and oxygen atoms in total. The van der Waals surface area contributed by atoms with Crippen molar-refractivity contribution in [3.63, 3.8) is 0 Å². The van der Waals surface area contributed by atoms with Gasteiger partial charge in [0.15, 0.2) is 0 Å². The van der Waals surface area contributed by atoms with Gasteiger partial charge in [0.1, 0.15) is 0 Å². The third-order valence-electron chi connectivity index (χ3n) is 4.06.